The Labute approximate surface area is 104 Å². The van der Waals surface area contributed by atoms with Gasteiger partial charge in [0.15, 0.2) is 0 Å². The van der Waals surface area contributed by atoms with Crippen LogP contribution in [-0.4, -0.2) is 19.9 Å². The first-order valence-corrected chi connectivity index (χ1v) is 5.46. The van der Waals surface area contributed by atoms with Crippen molar-refractivity contribution in [2.24, 2.45) is 5.73 Å². The average molecular weight is 263 g/mol. The maximum absolute atomic E-state index is 12.0. The Hall–Kier alpha value is -1.43. The third kappa shape index (κ3) is 4.44. The van der Waals surface area contributed by atoms with Crippen LogP contribution in [0.2, 0.25) is 0 Å². The molecular formula is C12H16F3NO2. The van der Waals surface area contributed by atoms with Crippen molar-refractivity contribution in [2.45, 2.75) is 25.6 Å². The lowest BCUT2D eigenvalue weighted by Gasteiger charge is -2.15. The van der Waals surface area contributed by atoms with Crippen LogP contribution in [0.15, 0.2) is 18.2 Å². The molecule has 0 radical (unpaired) electrons. The molecular weight excluding hydrogens is 247 g/mol. The van der Waals surface area contributed by atoms with Crippen LogP contribution in [0, 0.1) is 0 Å². The molecule has 0 amide bonds. The summed E-state index contributed by atoms with van der Waals surface area (Å²) in [6.45, 7) is 1.30. The summed E-state index contributed by atoms with van der Waals surface area (Å²) in [4.78, 5) is 0. The molecule has 0 aliphatic carbocycles. The van der Waals surface area contributed by atoms with Crippen molar-refractivity contribution in [3.8, 4) is 11.5 Å². The summed E-state index contributed by atoms with van der Waals surface area (Å²) in [7, 11) is 1.47. The molecule has 1 rings (SSSR count). The maximum Gasteiger partial charge on any atom is 0.392 e. The normalized spacial score (nSPS) is 13.2. The maximum atomic E-state index is 12.0. The number of rotatable bonds is 5. The quantitative estimate of drug-likeness (QED) is 0.888. The fourth-order valence-electron chi connectivity index (χ4n) is 1.42. The van der Waals surface area contributed by atoms with Gasteiger partial charge in [-0.15, -0.1) is 0 Å². The fraction of sp³-hybridized carbons (Fsp3) is 0.500. The molecule has 1 atom stereocenters. The van der Waals surface area contributed by atoms with Crippen LogP contribution in [0.5, 0.6) is 11.5 Å². The molecule has 102 valence electrons. The highest BCUT2D eigenvalue weighted by Gasteiger charge is 2.27. The predicted molar refractivity (Wildman–Crippen MR) is 61.8 cm³/mol. The molecule has 0 heterocycles. The van der Waals surface area contributed by atoms with E-state index >= 15 is 0 Å². The minimum atomic E-state index is -4.23. The number of hydrogen-bond donors (Lipinski definition) is 1. The van der Waals surface area contributed by atoms with Gasteiger partial charge in [0, 0.05) is 17.7 Å². The lowest BCUT2D eigenvalue weighted by atomic mass is 10.1. The highest BCUT2D eigenvalue weighted by molar-refractivity contribution is 5.42. The van der Waals surface area contributed by atoms with Gasteiger partial charge in [-0.3, -0.25) is 0 Å². The minimum Gasteiger partial charge on any atom is -0.497 e. The minimum absolute atomic E-state index is 0.322. The van der Waals surface area contributed by atoms with Gasteiger partial charge in [0.1, 0.15) is 11.5 Å². The molecule has 2 N–H and O–H groups in total. The van der Waals surface area contributed by atoms with E-state index in [2.05, 4.69) is 0 Å². The third-order valence-corrected chi connectivity index (χ3v) is 2.35. The molecule has 0 saturated carbocycles. The SMILES string of the molecule is COc1ccc(C(C)N)c(OCCC(F)(F)F)c1. The van der Waals surface area contributed by atoms with E-state index in [4.69, 9.17) is 15.2 Å². The Morgan fingerprint density at radius 3 is 2.50 bits per heavy atom. The molecule has 1 unspecified atom stereocenters. The van der Waals surface area contributed by atoms with Crippen molar-refractivity contribution in [3.05, 3.63) is 23.8 Å². The molecule has 0 spiro atoms. The average Bonchev–Trinajstić information content (AvgIpc) is 2.26. The molecule has 18 heavy (non-hydrogen) atoms. The molecule has 3 nitrogen and oxygen atoms in total. The zero-order chi connectivity index (χ0) is 13.8. The van der Waals surface area contributed by atoms with Crippen molar-refractivity contribution in [2.75, 3.05) is 13.7 Å². The molecule has 0 aliphatic heterocycles. The van der Waals surface area contributed by atoms with E-state index in [-0.39, 0.29) is 6.04 Å². The van der Waals surface area contributed by atoms with Gasteiger partial charge < -0.3 is 15.2 Å². The number of hydrogen-bond acceptors (Lipinski definition) is 3. The summed E-state index contributed by atoms with van der Waals surface area (Å²) in [6.07, 6.45) is -5.23. The highest BCUT2D eigenvalue weighted by Crippen LogP contribution is 2.29. The monoisotopic (exact) mass is 263 g/mol. The van der Waals surface area contributed by atoms with Gasteiger partial charge >= 0.3 is 6.18 Å². The smallest absolute Gasteiger partial charge is 0.392 e. The van der Waals surface area contributed by atoms with Gasteiger partial charge in [-0.05, 0) is 13.0 Å². The van der Waals surface area contributed by atoms with Crippen LogP contribution in [-0.2, 0) is 0 Å². The lowest BCUT2D eigenvalue weighted by Crippen LogP contribution is -2.14. The van der Waals surface area contributed by atoms with Gasteiger partial charge in [-0.25, -0.2) is 0 Å². The van der Waals surface area contributed by atoms with Crippen LogP contribution in [0.3, 0.4) is 0 Å². The van der Waals surface area contributed by atoms with E-state index in [1.807, 2.05) is 0 Å². The van der Waals surface area contributed by atoms with Crippen molar-refractivity contribution in [1.82, 2.24) is 0 Å². The molecule has 0 aromatic heterocycles. The molecule has 0 bridgehead atoms. The van der Waals surface area contributed by atoms with E-state index in [9.17, 15) is 13.2 Å². The Morgan fingerprint density at radius 1 is 1.33 bits per heavy atom. The van der Waals surface area contributed by atoms with Gasteiger partial charge in [0.2, 0.25) is 0 Å². The Morgan fingerprint density at radius 2 is 2.00 bits per heavy atom. The summed E-state index contributed by atoms with van der Waals surface area (Å²) in [5.74, 6) is 0.843. The van der Waals surface area contributed by atoms with Gasteiger partial charge in [0.05, 0.1) is 20.1 Å². The Kier molecular flexibility index (Phi) is 4.84. The summed E-state index contributed by atoms with van der Waals surface area (Å²) >= 11 is 0. The topological polar surface area (TPSA) is 44.5 Å². The van der Waals surface area contributed by atoms with Crippen LogP contribution in [0.4, 0.5) is 13.2 Å². The summed E-state index contributed by atoms with van der Waals surface area (Å²) in [5, 5.41) is 0. The Bertz CT molecular complexity index is 391. The van der Waals surface area contributed by atoms with E-state index in [0.717, 1.165) is 0 Å². The van der Waals surface area contributed by atoms with Crippen molar-refractivity contribution in [3.63, 3.8) is 0 Å². The number of methoxy groups -OCH3 is 1. The van der Waals surface area contributed by atoms with Crippen LogP contribution >= 0.6 is 0 Å². The largest absolute Gasteiger partial charge is 0.497 e. The predicted octanol–water partition coefficient (Wildman–Crippen LogP) is 3.05. The summed E-state index contributed by atoms with van der Waals surface area (Å²) < 4.78 is 46.2. The second-order valence-corrected chi connectivity index (χ2v) is 3.91. The summed E-state index contributed by atoms with van der Waals surface area (Å²) in [6, 6.07) is 4.59. The number of nitrogens with two attached hydrogens (primary N) is 1. The van der Waals surface area contributed by atoms with Crippen molar-refractivity contribution in [1.29, 1.82) is 0 Å². The van der Waals surface area contributed by atoms with E-state index in [0.29, 0.717) is 17.1 Å². The van der Waals surface area contributed by atoms with Crippen LogP contribution < -0.4 is 15.2 Å². The first kappa shape index (κ1) is 14.6. The first-order chi connectivity index (χ1) is 8.33. The third-order valence-electron chi connectivity index (χ3n) is 2.35. The van der Waals surface area contributed by atoms with E-state index in [1.54, 1.807) is 19.1 Å². The van der Waals surface area contributed by atoms with Gasteiger partial charge in [-0.1, -0.05) is 6.07 Å². The lowest BCUT2D eigenvalue weighted by molar-refractivity contribution is -0.139. The van der Waals surface area contributed by atoms with Crippen LogP contribution in [0.25, 0.3) is 0 Å². The molecule has 1 aromatic rings. The van der Waals surface area contributed by atoms with Crippen LogP contribution in [0.1, 0.15) is 24.9 Å². The molecule has 0 fully saturated rings. The molecule has 1 aromatic carbocycles. The van der Waals surface area contributed by atoms with Crippen molar-refractivity contribution < 1.29 is 22.6 Å². The number of alkyl halides is 3. The highest BCUT2D eigenvalue weighted by atomic mass is 19.4. The van der Waals surface area contributed by atoms with E-state index in [1.165, 1.54) is 13.2 Å². The standard InChI is InChI=1S/C12H16F3NO2/c1-8(16)10-4-3-9(17-2)7-11(10)18-6-5-12(13,14)15/h3-4,7-8H,5-6,16H2,1-2H3. The molecule has 0 aliphatic rings. The number of halogens is 3. The second kappa shape index (κ2) is 5.95. The second-order valence-electron chi connectivity index (χ2n) is 3.91. The molecule has 0 saturated heterocycles. The van der Waals surface area contributed by atoms with Crippen molar-refractivity contribution >= 4 is 0 Å². The van der Waals surface area contributed by atoms with E-state index < -0.39 is 19.2 Å². The molecule has 6 heteroatoms. The first-order valence-electron chi connectivity index (χ1n) is 5.46. The zero-order valence-corrected chi connectivity index (χ0v) is 10.3. The van der Waals surface area contributed by atoms with Gasteiger partial charge in [-0.2, -0.15) is 13.2 Å². The Balaban J connectivity index is 2.78. The number of ether oxygens (including phenoxy) is 2. The zero-order valence-electron chi connectivity index (χ0n) is 10.3. The number of benzene rings is 1. The fourth-order valence-corrected chi connectivity index (χ4v) is 1.42. The van der Waals surface area contributed by atoms with Gasteiger partial charge in [0.25, 0.3) is 0 Å². The summed E-state index contributed by atoms with van der Waals surface area (Å²) in [5.41, 5.74) is 6.37.